The molecule has 1 aromatic rings. The van der Waals surface area contributed by atoms with Crippen LogP contribution in [0.2, 0.25) is 0 Å². The van der Waals surface area contributed by atoms with Gasteiger partial charge in [0.2, 0.25) is 0 Å². The van der Waals surface area contributed by atoms with Crippen LogP contribution in [0.1, 0.15) is 23.2 Å². The van der Waals surface area contributed by atoms with Crippen LogP contribution < -0.4 is 10.5 Å². The molecule has 1 fully saturated rings. The number of carbonyl (C=O) groups excluding carboxylic acids is 1. The van der Waals surface area contributed by atoms with E-state index in [4.69, 9.17) is 15.6 Å². The van der Waals surface area contributed by atoms with E-state index in [1.54, 1.807) is 23.1 Å². The molecule has 0 aromatic heterocycles. The van der Waals surface area contributed by atoms with Gasteiger partial charge in [0.05, 0.1) is 19.3 Å². The normalized spacial score (nSPS) is 14.3. The number of benzene rings is 1. The first-order valence-electron chi connectivity index (χ1n) is 6.02. The van der Waals surface area contributed by atoms with Gasteiger partial charge in [0, 0.05) is 24.3 Å². The summed E-state index contributed by atoms with van der Waals surface area (Å²) < 4.78 is 5.19. The number of methoxy groups -OCH3 is 1. The Balaban J connectivity index is 2.26. The summed E-state index contributed by atoms with van der Waals surface area (Å²) in [6, 6.07) is 5.24. The predicted molar refractivity (Wildman–Crippen MR) is 68.6 cm³/mol. The first-order valence-corrected chi connectivity index (χ1v) is 6.02. The topological polar surface area (TPSA) is 75.8 Å². The molecule has 0 saturated heterocycles. The summed E-state index contributed by atoms with van der Waals surface area (Å²) in [5.41, 5.74) is 6.72. The maximum atomic E-state index is 12.4. The molecule has 2 rings (SSSR count). The summed E-state index contributed by atoms with van der Waals surface area (Å²) in [5.74, 6) is 0.368. The quantitative estimate of drug-likeness (QED) is 0.760. The molecule has 0 radical (unpaired) electrons. The summed E-state index contributed by atoms with van der Waals surface area (Å²) >= 11 is 0. The molecule has 1 aliphatic rings. The van der Waals surface area contributed by atoms with E-state index in [2.05, 4.69) is 0 Å². The number of nitrogens with two attached hydrogens (primary N) is 1. The molecule has 18 heavy (non-hydrogen) atoms. The van der Waals surface area contributed by atoms with Gasteiger partial charge < -0.3 is 20.5 Å². The smallest absolute Gasteiger partial charge is 0.257 e. The van der Waals surface area contributed by atoms with Crippen LogP contribution in [0.25, 0.3) is 0 Å². The van der Waals surface area contributed by atoms with Gasteiger partial charge in [0.15, 0.2) is 0 Å². The van der Waals surface area contributed by atoms with E-state index in [1.165, 1.54) is 7.11 Å². The van der Waals surface area contributed by atoms with Crippen molar-refractivity contribution in [1.82, 2.24) is 4.90 Å². The third kappa shape index (κ3) is 2.56. The van der Waals surface area contributed by atoms with Crippen LogP contribution in [0.4, 0.5) is 5.69 Å². The van der Waals surface area contributed by atoms with Crippen LogP contribution in [0.3, 0.4) is 0 Å². The van der Waals surface area contributed by atoms with Gasteiger partial charge in [-0.25, -0.2) is 0 Å². The zero-order valence-electron chi connectivity index (χ0n) is 10.4. The van der Waals surface area contributed by atoms with Gasteiger partial charge in [-0.3, -0.25) is 4.79 Å². The first-order chi connectivity index (χ1) is 8.67. The van der Waals surface area contributed by atoms with E-state index in [1.807, 2.05) is 0 Å². The first kappa shape index (κ1) is 12.7. The molecule has 1 amide bonds. The van der Waals surface area contributed by atoms with Crippen LogP contribution in [0.15, 0.2) is 18.2 Å². The Bertz CT molecular complexity index is 444. The van der Waals surface area contributed by atoms with Crippen LogP contribution >= 0.6 is 0 Å². The number of ether oxygens (including phenoxy) is 1. The van der Waals surface area contributed by atoms with Gasteiger partial charge in [0.25, 0.3) is 5.91 Å². The lowest BCUT2D eigenvalue weighted by Gasteiger charge is -2.22. The molecule has 0 atom stereocenters. The van der Waals surface area contributed by atoms with Gasteiger partial charge in [0.1, 0.15) is 5.75 Å². The Hall–Kier alpha value is -1.75. The average Bonchev–Trinajstić information content (AvgIpc) is 3.19. The van der Waals surface area contributed by atoms with Crippen LogP contribution in [-0.2, 0) is 0 Å². The lowest BCUT2D eigenvalue weighted by atomic mass is 10.1. The number of hydrogen-bond acceptors (Lipinski definition) is 4. The second kappa shape index (κ2) is 5.27. The molecule has 5 heteroatoms. The van der Waals surface area contributed by atoms with E-state index in [-0.39, 0.29) is 18.6 Å². The van der Waals surface area contributed by atoms with Gasteiger partial charge in [-0.1, -0.05) is 0 Å². The van der Waals surface area contributed by atoms with Crippen molar-refractivity contribution in [3.63, 3.8) is 0 Å². The fourth-order valence-electron chi connectivity index (χ4n) is 1.98. The van der Waals surface area contributed by atoms with Crippen LogP contribution in [0.5, 0.6) is 5.75 Å². The van der Waals surface area contributed by atoms with E-state index in [9.17, 15) is 4.79 Å². The number of carbonyl (C=O) groups is 1. The summed E-state index contributed by atoms with van der Waals surface area (Å²) in [7, 11) is 1.51. The van der Waals surface area contributed by atoms with E-state index < -0.39 is 0 Å². The predicted octanol–water partition coefficient (Wildman–Crippen LogP) is 0.874. The van der Waals surface area contributed by atoms with Crippen molar-refractivity contribution in [2.75, 3.05) is 26.0 Å². The minimum absolute atomic E-state index is 0.0282. The summed E-state index contributed by atoms with van der Waals surface area (Å²) in [6.45, 7) is 0.330. The maximum absolute atomic E-state index is 12.4. The van der Waals surface area contributed by atoms with Gasteiger partial charge in [-0.15, -0.1) is 0 Å². The molecule has 0 unspecified atom stereocenters. The average molecular weight is 250 g/mol. The molecule has 1 aromatic carbocycles. The van der Waals surface area contributed by atoms with Crippen molar-refractivity contribution < 1.29 is 14.6 Å². The number of aliphatic hydroxyl groups excluding tert-OH is 1. The molecule has 3 N–H and O–H groups in total. The number of anilines is 1. The molecule has 1 aliphatic carbocycles. The van der Waals surface area contributed by atoms with E-state index >= 15 is 0 Å². The second-order valence-electron chi connectivity index (χ2n) is 4.41. The van der Waals surface area contributed by atoms with Gasteiger partial charge in [-0.2, -0.15) is 0 Å². The Morgan fingerprint density at radius 1 is 1.56 bits per heavy atom. The number of nitrogens with zero attached hydrogens (tertiary/aromatic N) is 1. The molecular weight excluding hydrogens is 232 g/mol. The molecule has 98 valence electrons. The second-order valence-corrected chi connectivity index (χ2v) is 4.41. The summed E-state index contributed by atoms with van der Waals surface area (Å²) in [4.78, 5) is 14.1. The molecule has 0 aliphatic heterocycles. The molecule has 0 heterocycles. The number of hydrogen-bond donors (Lipinski definition) is 2. The summed E-state index contributed by atoms with van der Waals surface area (Å²) in [6.07, 6.45) is 2.01. The van der Waals surface area contributed by atoms with Gasteiger partial charge >= 0.3 is 0 Å². The fourth-order valence-corrected chi connectivity index (χ4v) is 1.98. The molecule has 1 saturated carbocycles. The molecule has 5 nitrogen and oxygen atoms in total. The highest BCUT2D eigenvalue weighted by Gasteiger charge is 2.33. The SMILES string of the molecule is COc1cc(N)ccc1C(=O)N(CCO)C1CC1. The Kier molecular flexibility index (Phi) is 3.72. The molecule has 0 bridgehead atoms. The van der Waals surface area contributed by atoms with E-state index in [0.717, 1.165) is 12.8 Å². The zero-order valence-corrected chi connectivity index (χ0v) is 10.4. The molecule has 0 spiro atoms. The minimum atomic E-state index is -0.108. The van der Waals surface area contributed by atoms with Crippen LogP contribution in [-0.4, -0.2) is 42.2 Å². The number of amides is 1. The molecular formula is C13H18N2O3. The third-order valence-corrected chi connectivity index (χ3v) is 3.05. The number of aliphatic hydroxyl groups is 1. The van der Waals surface area contributed by atoms with Crippen molar-refractivity contribution in [2.24, 2.45) is 0 Å². The maximum Gasteiger partial charge on any atom is 0.257 e. The minimum Gasteiger partial charge on any atom is -0.496 e. The summed E-state index contributed by atoms with van der Waals surface area (Å²) in [5, 5.41) is 9.03. The van der Waals surface area contributed by atoms with E-state index in [0.29, 0.717) is 23.5 Å². The number of nitrogen functional groups attached to an aromatic ring is 1. The number of rotatable bonds is 5. The van der Waals surface area contributed by atoms with Gasteiger partial charge in [-0.05, 0) is 25.0 Å². The largest absolute Gasteiger partial charge is 0.496 e. The Labute approximate surface area is 106 Å². The van der Waals surface area contributed by atoms with Crippen molar-refractivity contribution in [3.05, 3.63) is 23.8 Å². The third-order valence-electron chi connectivity index (χ3n) is 3.05. The monoisotopic (exact) mass is 250 g/mol. The van der Waals surface area contributed by atoms with Crippen molar-refractivity contribution in [2.45, 2.75) is 18.9 Å². The highest BCUT2D eigenvalue weighted by atomic mass is 16.5. The standard InChI is InChI=1S/C13H18N2O3/c1-18-12-8-9(14)2-5-11(12)13(17)15(6-7-16)10-3-4-10/h2,5,8,10,16H,3-4,6-7,14H2,1H3. The van der Waals surface area contributed by atoms with Crippen molar-refractivity contribution in [3.8, 4) is 5.75 Å². The van der Waals surface area contributed by atoms with Crippen molar-refractivity contribution in [1.29, 1.82) is 0 Å². The Morgan fingerprint density at radius 2 is 2.28 bits per heavy atom. The highest BCUT2D eigenvalue weighted by Crippen LogP contribution is 2.30. The fraction of sp³-hybridized carbons (Fsp3) is 0.462. The zero-order chi connectivity index (χ0) is 13.1. The Morgan fingerprint density at radius 3 is 2.83 bits per heavy atom. The lowest BCUT2D eigenvalue weighted by molar-refractivity contribution is 0.0704. The lowest BCUT2D eigenvalue weighted by Crippen LogP contribution is -2.35. The van der Waals surface area contributed by atoms with Crippen molar-refractivity contribution >= 4 is 11.6 Å². The highest BCUT2D eigenvalue weighted by molar-refractivity contribution is 5.97. The van der Waals surface area contributed by atoms with Crippen LogP contribution in [0, 0.1) is 0 Å².